The molecule has 2 unspecified atom stereocenters. The average Bonchev–Trinajstić information content (AvgIpc) is 3.10. The number of allylic oxidation sites excluding steroid dienone is 1. The highest BCUT2D eigenvalue weighted by atomic mass is 32.2. The molecule has 0 saturated heterocycles. The Balaban J connectivity index is 2.39. The predicted molar refractivity (Wildman–Crippen MR) is 83.0 cm³/mol. The monoisotopic (exact) mass is 309 g/mol. The molecule has 1 aromatic carbocycles. The van der Waals surface area contributed by atoms with E-state index in [0.29, 0.717) is 23.1 Å². The summed E-state index contributed by atoms with van der Waals surface area (Å²) in [5.41, 5.74) is 1.12. The number of benzene rings is 1. The lowest BCUT2D eigenvalue weighted by molar-refractivity contribution is 0.0697. The van der Waals surface area contributed by atoms with Crippen LogP contribution in [-0.4, -0.2) is 32.8 Å². The van der Waals surface area contributed by atoms with E-state index in [0.717, 1.165) is 17.0 Å². The van der Waals surface area contributed by atoms with E-state index in [4.69, 9.17) is 5.11 Å². The van der Waals surface area contributed by atoms with Gasteiger partial charge in [0.2, 0.25) is 10.0 Å². The van der Waals surface area contributed by atoms with E-state index < -0.39 is 16.0 Å². The number of nitrogens with zero attached hydrogens (tertiary/aromatic N) is 1. The molecule has 1 saturated carbocycles. The summed E-state index contributed by atoms with van der Waals surface area (Å²) in [7, 11) is -2.02. The first-order chi connectivity index (χ1) is 9.68. The van der Waals surface area contributed by atoms with Crippen LogP contribution >= 0.6 is 0 Å². The molecule has 1 aromatic rings. The summed E-state index contributed by atoms with van der Waals surface area (Å²) >= 11 is 0. The highest BCUT2D eigenvalue weighted by molar-refractivity contribution is 7.92. The molecule has 1 aliphatic rings. The summed E-state index contributed by atoms with van der Waals surface area (Å²) in [5.74, 6) is 0.129. The minimum Gasteiger partial charge on any atom is -0.478 e. The van der Waals surface area contributed by atoms with Gasteiger partial charge in [0, 0.05) is 7.05 Å². The molecule has 1 fully saturated rings. The van der Waals surface area contributed by atoms with Crippen molar-refractivity contribution in [2.45, 2.75) is 13.3 Å². The average molecular weight is 309 g/mol. The van der Waals surface area contributed by atoms with Crippen molar-refractivity contribution in [2.24, 2.45) is 11.8 Å². The van der Waals surface area contributed by atoms with Crippen molar-refractivity contribution in [3.8, 4) is 0 Å². The van der Waals surface area contributed by atoms with E-state index in [2.05, 4.69) is 13.0 Å². The number of carbonyl (C=O) groups is 1. The zero-order valence-electron chi connectivity index (χ0n) is 12.3. The molecule has 2 atom stereocenters. The third-order valence-corrected chi connectivity index (χ3v) is 4.96. The van der Waals surface area contributed by atoms with E-state index in [-0.39, 0.29) is 5.56 Å². The molecular formula is C15H19NO4S. The minimum absolute atomic E-state index is 0.0755. The molecule has 5 nitrogen and oxygen atoms in total. The van der Waals surface area contributed by atoms with Crippen LogP contribution in [0.5, 0.6) is 0 Å². The van der Waals surface area contributed by atoms with Gasteiger partial charge in [-0.1, -0.05) is 19.1 Å². The normalized spacial score (nSPS) is 21.5. The number of anilines is 1. The van der Waals surface area contributed by atoms with Crippen LogP contribution in [-0.2, 0) is 10.0 Å². The Morgan fingerprint density at radius 1 is 1.38 bits per heavy atom. The van der Waals surface area contributed by atoms with Gasteiger partial charge in [-0.2, -0.15) is 0 Å². The van der Waals surface area contributed by atoms with E-state index in [1.54, 1.807) is 12.1 Å². The fourth-order valence-electron chi connectivity index (χ4n) is 2.08. The minimum atomic E-state index is -3.43. The Labute approximate surface area is 124 Å². The van der Waals surface area contributed by atoms with Gasteiger partial charge < -0.3 is 5.11 Å². The summed E-state index contributed by atoms with van der Waals surface area (Å²) in [5, 5.41) is 9.16. The van der Waals surface area contributed by atoms with Crippen molar-refractivity contribution < 1.29 is 18.3 Å². The molecule has 1 N–H and O–H groups in total. The Morgan fingerprint density at radius 2 is 2.00 bits per heavy atom. The van der Waals surface area contributed by atoms with Crippen LogP contribution in [0, 0.1) is 11.8 Å². The van der Waals surface area contributed by atoms with Gasteiger partial charge in [-0.3, -0.25) is 4.31 Å². The van der Waals surface area contributed by atoms with Crippen molar-refractivity contribution in [2.75, 3.05) is 17.6 Å². The van der Waals surface area contributed by atoms with Gasteiger partial charge in [0.15, 0.2) is 0 Å². The summed E-state index contributed by atoms with van der Waals surface area (Å²) < 4.78 is 24.3. The lowest BCUT2D eigenvalue weighted by Gasteiger charge is -2.17. The Bertz CT molecular complexity index is 694. The second-order valence-electron chi connectivity index (χ2n) is 5.58. The lowest BCUT2D eigenvalue weighted by atomic mass is 10.1. The van der Waals surface area contributed by atoms with Crippen molar-refractivity contribution >= 4 is 27.8 Å². The zero-order chi connectivity index (χ0) is 15.8. The molecular weight excluding hydrogens is 290 g/mol. The number of hydrogen-bond donors (Lipinski definition) is 1. The molecule has 0 aromatic heterocycles. The maximum absolute atomic E-state index is 11.6. The third kappa shape index (κ3) is 3.85. The van der Waals surface area contributed by atoms with Gasteiger partial charge in [0.05, 0.1) is 17.5 Å². The smallest absolute Gasteiger partial charge is 0.335 e. The Morgan fingerprint density at radius 3 is 2.48 bits per heavy atom. The molecule has 0 heterocycles. The fourth-order valence-corrected chi connectivity index (χ4v) is 2.57. The highest BCUT2D eigenvalue weighted by Gasteiger charge is 2.29. The molecule has 0 spiro atoms. The van der Waals surface area contributed by atoms with Crippen LogP contribution in [0.25, 0.3) is 6.08 Å². The SMILES string of the molecule is CC1CC1C=Cc1cc(C(=O)O)cc(N(C)S(C)(=O)=O)c1. The summed E-state index contributed by atoms with van der Waals surface area (Å²) in [6.07, 6.45) is 6.14. The van der Waals surface area contributed by atoms with Gasteiger partial charge in [-0.15, -0.1) is 0 Å². The molecule has 0 aliphatic heterocycles. The van der Waals surface area contributed by atoms with E-state index >= 15 is 0 Å². The second-order valence-corrected chi connectivity index (χ2v) is 7.60. The lowest BCUT2D eigenvalue weighted by Crippen LogP contribution is -2.25. The van der Waals surface area contributed by atoms with Gasteiger partial charge in [0.1, 0.15) is 0 Å². The molecule has 1 aliphatic carbocycles. The number of rotatable bonds is 5. The van der Waals surface area contributed by atoms with E-state index in [1.807, 2.05) is 6.08 Å². The van der Waals surface area contributed by atoms with Gasteiger partial charge in [-0.25, -0.2) is 13.2 Å². The highest BCUT2D eigenvalue weighted by Crippen LogP contribution is 2.39. The predicted octanol–water partition coefficient (Wildman–Crippen LogP) is 2.45. The topological polar surface area (TPSA) is 74.7 Å². The van der Waals surface area contributed by atoms with Crippen LogP contribution in [0.15, 0.2) is 24.3 Å². The van der Waals surface area contributed by atoms with Crippen LogP contribution in [0.4, 0.5) is 5.69 Å². The van der Waals surface area contributed by atoms with Crippen LogP contribution < -0.4 is 4.31 Å². The maximum Gasteiger partial charge on any atom is 0.335 e. The fraction of sp³-hybridized carbons (Fsp3) is 0.400. The number of aromatic carboxylic acids is 1. The van der Waals surface area contributed by atoms with Crippen LogP contribution in [0.1, 0.15) is 29.3 Å². The Kier molecular flexibility index (Phi) is 4.09. The number of hydrogen-bond acceptors (Lipinski definition) is 3. The van der Waals surface area contributed by atoms with Gasteiger partial charge in [-0.05, 0) is 42.0 Å². The van der Waals surface area contributed by atoms with Crippen LogP contribution in [0.3, 0.4) is 0 Å². The first-order valence-electron chi connectivity index (χ1n) is 6.69. The molecule has 2 rings (SSSR count). The summed E-state index contributed by atoms with van der Waals surface area (Å²) in [6, 6.07) is 4.59. The van der Waals surface area contributed by atoms with Gasteiger partial charge in [0.25, 0.3) is 0 Å². The summed E-state index contributed by atoms with van der Waals surface area (Å²) in [6.45, 7) is 2.16. The standard InChI is InChI=1S/C15H19NO4S/c1-10-6-12(10)5-4-11-7-13(15(17)18)9-14(8-11)16(2)21(3,19)20/h4-5,7-10,12H,6H2,1-3H3,(H,17,18). The van der Waals surface area contributed by atoms with Gasteiger partial charge >= 0.3 is 5.97 Å². The molecule has 21 heavy (non-hydrogen) atoms. The van der Waals surface area contributed by atoms with E-state index in [9.17, 15) is 13.2 Å². The molecule has 0 radical (unpaired) electrons. The van der Waals surface area contributed by atoms with Crippen molar-refractivity contribution in [3.05, 3.63) is 35.4 Å². The number of carboxylic acid groups (broad SMARTS) is 1. The molecule has 114 valence electrons. The van der Waals surface area contributed by atoms with Crippen molar-refractivity contribution in [1.82, 2.24) is 0 Å². The second kappa shape index (κ2) is 5.52. The molecule has 6 heteroatoms. The summed E-state index contributed by atoms with van der Waals surface area (Å²) in [4.78, 5) is 11.2. The molecule has 0 bridgehead atoms. The molecule has 0 amide bonds. The first kappa shape index (κ1) is 15.6. The van der Waals surface area contributed by atoms with Crippen molar-refractivity contribution in [3.63, 3.8) is 0 Å². The largest absolute Gasteiger partial charge is 0.478 e. The number of carboxylic acids is 1. The third-order valence-electron chi connectivity index (χ3n) is 3.76. The Hall–Kier alpha value is -1.82. The first-order valence-corrected chi connectivity index (χ1v) is 8.54. The quantitative estimate of drug-likeness (QED) is 0.906. The van der Waals surface area contributed by atoms with Crippen LogP contribution in [0.2, 0.25) is 0 Å². The number of sulfonamides is 1. The maximum atomic E-state index is 11.6. The zero-order valence-corrected chi connectivity index (χ0v) is 13.1. The van der Waals surface area contributed by atoms with Crippen molar-refractivity contribution in [1.29, 1.82) is 0 Å². The van der Waals surface area contributed by atoms with E-state index in [1.165, 1.54) is 13.1 Å².